The van der Waals surface area contributed by atoms with Crippen LogP contribution in [0.5, 0.6) is 11.5 Å². The predicted molar refractivity (Wildman–Crippen MR) is 79.7 cm³/mol. The van der Waals surface area contributed by atoms with Gasteiger partial charge in [-0.1, -0.05) is 6.07 Å². The second-order valence-corrected chi connectivity index (χ2v) is 5.40. The fourth-order valence-electron chi connectivity index (χ4n) is 1.96. The van der Waals surface area contributed by atoms with Gasteiger partial charge in [-0.25, -0.2) is 0 Å². The van der Waals surface area contributed by atoms with Crippen molar-refractivity contribution in [2.24, 2.45) is 0 Å². The molecule has 0 atom stereocenters. The monoisotopic (exact) mass is 286 g/mol. The number of hydrogen-bond acceptors (Lipinski definition) is 4. The molecule has 20 heavy (non-hydrogen) atoms. The largest absolute Gasteiger partial charge is 0.490 e. The maximum Gasteiger partial charge on any atom is 0.186 e. The molecule has 1 aromatic heterocycles. The van der Waals surface area contributed by atoms with Crippen molar-refractivity contribution >= 4 is 23.2 Å². The highest BCUT2D eigenvalue weighted by atomic mass is 32.1. The molecule has 0 N–H and O–H groups in total. The van der Waals surface area contributed by atoms with Crippen molar-refractivity contribution in [3.8, 4) is 11.5 Å². The Morgan fingerprint density at radius 1 is 1.15 bits per heavy atom. The van der Waals surface area contributed by atoms with Crippen LogP contribution in [-0.2, 0) is 0 Å². The zero-order chi connectivity index (χ0) is 13.8. The van der Waals surface area contributed by atoms with Crippen LogP contribution in [0.1, 0.15) is 21.7 Å². The van der Waals surface area contributed by atoms with Gasteiger partial charge in [0.2, 0.25) is 0 Å². The Labute approximate surface area is 121 Å². The third-order valence-corrected chi connectivity index (χ3v) is 3.81. The molecule has 0 saturated carbocycles. The molecule has 0 aliphatic carbocycles. The molecular formula is C16H14O3S. The van der Waals surface area contributed by atoms with Crippen LogP contribution in [0.4, 0.5) is 0 Å². The second kappa shape index (κ2) is 5.92. The van der Waals surface area contributed by atoms with Gasteiger partial charge in [-0.3, -0.25) is 4.79 Å². The van der Waals surface area contributed by atoms with Gasteiger partial charge in [-0.2, -0.15) is 0 Å². The van der Waals surface area contributed by atoms with Gasteiger partial charge in [-0.05, 0) is 41.8 Å². The topological polar surface area (TPSA) is 35.5 Å². The lowest BCUT2D eigenvalue weighted by Gasteiger charge is -2.07. The van der Waals surface area contributed by atoms with E-state index in [1.54, 1.807) is 35.6 Å². The van der Waals surface area contributed by atoms with Crippen LogP contribution in [-0.4, -0.2) is 19.0 Å². The molecule has 3 rings (SSSR count). The summed E-state index contributed by atoms with van der Waals surface area (Å²) in [7, 11) is 0. The number of carbonyl (C=O) groups is 1. The Balaban J connectivity index is 1.80. The SMILES string of the molecule is O=C(/C=C/c1cccs1)c1ccc2c(c1)OCCCO2. The van der Waals surface area contributed by atoms with E-state index in [0.717, 1.165) is 11.3 Å². The molecule has 2 heterocycles. The van der Waals surface area contributed by atoms with Crippen LogP contribution in [0.25, 0.3) is 6.08 Å². The smallest absolute Gasteiger partial charge is 0.186 e. The molecule has 0 radical (unpaired) electrons. The van der Waals surface area contributed by atoms with Gasteiger partial charge >= 0.3 is 0 Å². The maximum absolute atomic E-state index is 12.1. The third-order valence-electron chi connectivity index (χ3n) is 2.97. The summed E-state index contributed by atoms with van der Waals surface area (Å²) in [5.41, 5.74) is 0.613. The highest BCUT2D eigenvalue weighted by Crippen LogP contribution is 2.30. The summed E-state index contributed by atoms with van der Waals surface area (Å²) in [5.74, 6) is 1.33. The summed E-state index contributed by atoms with van der Waals surface area (Å²) >= 11 is 1.60. The van der Waals surface area contributed by atoms with E-state index in [4.69, 9.17) is 9.47 Å². The Kier molecular flexibility index (Phi) is 3.83. The molecule has 0 fully saturated rings. The molecule has 0 amide bonds. The van der Waals surface area contributed by atoms with Crippen molar-refractivity contribution in [2.45, 2.75) is 6.42 Å². The van der Waals surface area contributed by atoms with E-state index in [2.05, 4.69) is 0 Å². The molecule has 0 unspecified atom stereocenters. The van der Waals surface area contributed by atoms with Crippen LogP contribution in [0, 0.1) is 0 Å². The minimum absolute atomic E-state index is 0.0333. The van der Waals surface area contributed by atoms with E-state index >= 15 is 0 Å². The predicted octanol–water partition coefficient (Wildman–Crippen LogP) is 3.81. The molecule has 1 aliphatic rings. The van der Waals surface area contributed by atoms with Gasteiger partial charge in [0.15, 0.2) is 17.3 Å². The highest BCUT2D eigenvalue weighted by Gasteiger charge is 2.12. The van der Waals surface area contributed by atoms with Crippen LogP contribution in [0.2, 0.25) is 0 Å². The average molecular weight is 286 g/mol. The fraction of sp³-hybridized carbons (Fsp3) is 0.188. The first kappa shape index (κ1) is 12.9. The van der Waals surface area contributed by atoms with E-state index < -0.39 is 0 Å². The summed E-state index contributed by atoms with van der Waals surface area (Å²) in [6.07, 6.45) is 4.28. The van der Waals surface area contributed by atoms with Gasteiger partial charge < -0.3 is 9.47 Å². The van der Waals surface area contributed by atoms with Gasteiger partial charge in [-0.15, -0.1) is 11.3 Å². The van der Waals surface area contributed by atoms with E-state index in [1.807, 2.05) is 23.6 Å². The van der Waals surface area contributed by atoms with Crippen LogP contribution in [0.15, 0.2) is 41.8 Å². The zero-order valence-electron chi connectivity index (χ0n) is 10.9. The summed E-state index contributed by atoms with van der Waals surface area (Å²) in [6, 6.07) is 9.26. The van der Waals surface area contributed by atoms with Gasteiger partial charge in [0, 0.05) is 16.9 Å². The first-order chi connectivity index (χ1) is 9.83. The molecular weight excluding hydrogens is 272 g/mol. The van der Waals surface area contributed by atoms with Gasteiger partial charge in [0.1, 0.15) is 0 Å². The number of ketones is 1. The number of benzene rings is 1. The van der Waals surface area contributed by atoms with E-state index in [0.29, 0.717) is 30.3 Å². The molecule has 0 bridgehead atoms. The highest BCUT2D eigenvalue weighted by molar-refractivity contribution is 7.10. The molecule has 102 valence electrons. The third kappa shape index (κ3) is 2.91. The molecule has 0 spiro atoms. The molecule has 1 aliphatic heterocycles. The lowest BCUT2D eigenvalue weighted by Crippen LogP contribution is -1.98. The Bertz CT molecular complexity index is 629. The second-order valence-electron chi connectivity index (χ2n) is 4.42. The first-order valence-corrected chi connectivity index (χ1v) is 7.36. The van der Waals surface area contributed by atoms with Crippen molar-refractivity contribution in [3.05, 3.63) is 52.2 Å². The van der Waals surface area contributed by atoms with Crippen molar-refractivity contribution in [1.82, 2.24) is 0 Å². The molecule has 3 nitrogen and oxygen atoms in total. The van der Waals surface area contributed by atoms with Gasteiger partial charge in [0.25, 0.3) is 0 Å². The van der Waals surface area contributed by atoms with Crippen LogP contribution < -0.4 is 9.47 Å². The summed E-state index contributed by atoms with van der Waals surface area (Å²) in [5, 5.41) is 1.98. The zero-order valence-corrected chi connectivity index (χ0v) is 11.7. The molecule has 2 aromatic rings. The number of hydrogen-bond donors (Lipinski definition) is 0. The number of carbonyl (C=O) groups excluding carboxylic acids is 1. The van der Waals surface area contributed by atoms with Crippen LogP contribution in [0.3, 0.4) is 0 Å². The van der Waals surface area contributed by atoms with E-state index in [9.17, 15) is 4.79 Å². The van der Waals surface area contributed by atoms with Crippen molar-refractivity contribution in [3.63, 3.8) is 0 Å². The maximum atomic E-state index is 12.1. The minimum atomic E-state index is -0.0333. The standard InChI is InChI=1S/C16H14O3S/c17-14(6-5-13-3-1-10-20-13)12-4-7-15-16(11-12)19-9-2-8-18-15/h1,3-7,10-11H,2,8-9H2/b6-5+. The lowest BCUT2D eigenvalue weighted by molar-refractivity contribution is 0.104. The number of rotatable bonds is 3. The Hall–Kier alpha value is -2.07. The number of allylic oxidation sites excluding steroid dienone is 1. The Morgan fingerprint density at radius 3 is 2.80 bits per heavy atom. The lowest BCUT2D eigenvalue weighted by atomic mass is 10.1. The van der Waals surface area contributed by atoms with E-state index in [1.165, 1.54) is 0 Å². The fourth-order valence-corrected chi connectivity index (χ4v) is 2.57. The number of ether oxygens (including phenoxy) is 2. The molecule has 4 heteroatoms. The summed E-state index contributed by atoms with van der Waals surface area (Å²) in [4.78, 5) is 13.2. The Morgan fingerprint density at radius 2 is 2.00 bits per heavy atom. The quantitative estimate of drug-likeness (QED) is 0.636. The van der Waals surface area contributed by atoms with Crippen molar-refractivity contribution in [1.29, 1.82) is 0 Å². The van der Waals surface area contributed by atoms with E-state index in [-0.39, 0.29) is 5.78 Å². The van der Waals surface area contributed by atoms with Crippen molar-refractivity contribution < 1.29 is 14.3 Å². The number of fused-ring (bicyclic) bond motifs is 1. The molecule has 1 aromatic carbocycles. The summed E-state index contributed by atoms with van der Waals surface area (Å²) < 4.78 is 11.1. The normalized spacial score (nSPS) is 14.2. The van der Waals surface area contributed by atoms with Crippen LogP contribution >= 0.6 is 11.3 Å². The van der Waals surface area contributed by atoms with Crippen molar-refractivity contribution in [2.75, 3.05) is 13.2 Å². The number of thiophene rings is 1. The first-order valence-electron chi connectivity index (χ1n) is 6.48. The average Bonchev–Trinajstić information content (AvgIpc) is 2.88. The van der Waals surface area contributed by atoms with Gasteiger partial charge in [0.05, 0.1) is 13.2 Å². The minimum Gasteiger partial charge on any atom is -0.490 e. The summed E-state index contributed by atoms with van der Waals surface area (Å²) in [6.45, 7) is 1.27. The molecule has 0 saturated heterocycles.